The van der Waals surface area contributed by atoms with Gasteiger partial charge in [-0.25, -0.2) is 0 Å². The summed E-state index contributed by atoms with van der Waals surface area (Å²) < 4.78 is 10.6. The second-order valence-electron chi connectivity index (χ2n) is 4.96. The Bertz CT molecular complexity index is 616. The molecule has 2 aromatic rings. The molecule has 116 valence electrons. The molecule has 1 aromatic carbocycles. The van der Waals surface area contributed by atoms with Gasteiger partial charge in [0.15, 0.2) is 5.72 Å². The van der Waals surface area contributed by atoms with Crippen LogP contribution in [0.3, 0.4) is 0 Å². The average Bonchev–Trinajstić information content (AvgIpc) is 2.54. The van der Waals surface area contributed by atoms with Crippen LogP contribution in [0.4, 0.5) is 0 Å². The van der Waals surface area contributed by atoms with E-state index in [4.69, 9.17) is 9.47 Å². The third-order valence-electron chi connectivity index (χ3n) is 3.27. The fourth-order valence-corrected chi connectivity index (χ4v) is 2.07. The molecular formula is C16H19N3O3. The van der Waals surface area contributed by atoms with Gasteiger partial charge in [-0.1, -0.05) is 12.1 Å². The second kappa shape index (κ2) is 7.00. The van der Waals surface area contributed by atoms with Crippen LogP contribution in [0.1, 0.15) is 25.0 Å². The van der Waals surface area contributed by atoms with Crippen molar-refractivity contribution in [2.45, 2.75) is 26.1 Å². The van der Waals surface area contributed by atoms with Crippen LogP contribution in [0.5, 0.6) is 5.75 Å². The Morgan fingerprint density at radius 2 is 1.95 bits per heavy atom. The van der Waals surface area contributed by atoms with Gasteiger partial charge in [0.25, 0.3) is 0 Å². The Kier molecular flexibility index (Phi) is 5.06. The van der Waals surface area contributed by atoms with Crippen molar-refractivity contribution in [1.29, 1.82) is 0 Å². The van der Waals surface area contributed by atoms with Gasteiger partial charge in [-0.05, 0) is 30.7 Å². The molecule has 0 radical (unpaired) electrons. The monoisotopic (exact) mass is 301 g/mol. The lowest BCUT2D eigenvalue weighted by Gasteiger charge is -2.30. The maximum absolute atomic E-state index is 11.4. The normalized spacial score (nSPS) is 13.2. The highest BCUT2D eigenvalue weighted by Crippen LogP contribution is 2.22. The van der Waals surface area contributed by atoms with Crippen molar-refractivity contribution >= 4 is 5.97 Å². The Morgan fingerprint density at radius 1 is 1.23 bits per heavy atom. The second-order valence-corrected chi connectivity index (χ2v) is 4.96. The number of aromatic nitrogens is 2. The third kappa shape index (κ3) is 4.02. The molecule has 2 rings (SSSR count). The topological polar surface area (TPSA) is 73.3 Å². The predicted octanol–water partition coefficient (Wildman–Crippen LogP) is 2.01. The van der Waals surface area contributed by atoms with Crippen molar-refractivity contribution in [3.05, 3.63) is 53.9 Å². The van der Waals surface area contributed by atoms with Crippen LogP contribution < -0.4 is 10.1 Å². The highest BCUT2D eigenvalue weighted by Gasteiger charge is 2.29. The average molecular weight is 301 g/mol. The van der Waals surface area contributed by atoms with Crippen molar-refractivity contribution in [2.75, 3.05) is 7.11 Å². The first-order chi connectivity index (χ1) is 10.5. The molecule has 1 unspecified atom stereocenters. The minimum Gasteiger partial charge on any atom is -0.497 e. The van der Waals surface area contributed by atoms with Crippen molar-refractivity contribution < 1.29 is 14.3 Å². The third-order valence-corrected chi connectivity index (χ3v) is 3.27. The Balaban J connectivity index is 2.14. The molecule has 0 fully saturated rings. The van der Waals surface area contributed by atoms with Gasteiger partial charge in [-0.3, -0.25) is 10.1 Å². The van der Waals surface area contributed by atoms with Crippen LogP contribution in [-0.2, 0) is 21.8 Å². The molecule has 0 bridgehead atoms. The zero-order valence-electron chi connectivity index (χ0n) is 12.9. The first-order valence-corrected chi connectivity index (χ1v) is 6.88. The van der Waals surface area contributed by atoms with Crippen molar-refractivity contribution in [1.82, 2.24) is 15.5 Å². The van der Waals surface area contributed by atoms with Crippen molar-refractivity contribution in [3.8, 4) is 5.75 Å². The van der Waals surface area contributed by atoms with E-state index >= 15 is 0 Å². The number of nitrogens with zero attached hydrogens (tertiary/aromatic N) is 2. The maximum atomic E-state index is 11.4. The molecule has 0 saturated heterocycles. The Hall–Kier alpha value is -2.47. The van der Waals surface area contributed by atoms with Gasteiger partial charge < -0.3 is 9.47 Å². The van der Waals surface area contributed by atoms with Crippen LogP contribution in [0.25, 0.3) is 0 Å². The van der Waals surface area contributed by atoms with Crippen LogP contribution in [0.15, 0.2) is 42.7 Å². The van der Waals surface area contributed by atoms with Crippen LogP contribution in [0.2, 0.25) is 0 Å². The zero-order chi connectivity index (χ0) is 16.0. The molecule has 1 N–H and O–H groups in total. The van der Waals surface area contributed by atoms with Crippen molar-refractivity contribution in [3.63, 3.8) is 0 Å². The number of carbonyl (C=O) groups excluding carboxylic acids is 1. The lowest BCUT2D eigenvalue weighted by molar-refractivity contribution is -0.160. The lowest BCUT2D eigenvalue weighted by atomic mass is 10.1. The summed E-state index contributed by atoms with van der Waals surface area (Å²) in [6.07, 6.45) is 3.14. The molecule has 1 atom stereocenters. The maximum Gasteiger partial charge on any atom is 0.304 e. The summed E-state index contributed by atoms with van der Waals surface area (Å²) in [5.74, 6) is 0.423. The zero-order valence-corrected chi connectivity index (χ0v) is 12.9. The summed E-state index contributed by atoms with van der Waals surface area (Å²) >= 11 is 0. The number of carbonyl (C=O) groups is 1. The summed E-state index contributed by atoms with van der Waals surface area (Å²) in [5, 5.41) is 10.8. The summed E-state index contributed by atoms with van der Waals surface area (Å²) in [5.41, 5.74) is 0.800. The number of esters is 1. The lowest BCUT2D eigenvalue weighted by Crippen LogP contribution is -2.43. The van der Waals surface area contributed by atoms with Crippen LogP contribution in [0, 0.1) is 0 Å². The van der Waals surface area contributed by atoms with Crippen LogP contribution in [-0.4, -0.2) is 23.3 Å². The Morgan fingerprint density at radius 3 is 2.50 bits per heavy atom. The number of benzene rings is 1. The number of methoxy groups -OCH3 is 1. The smallest absolute Gasteiger partial charge is 0.304 e. The standard InChI is InChI=1S/C16H19N3O3/c1-12(20)22-16(2,14-8-9-18-19-11-14)17-10-13-4-6-15(21-3)7-5-13/h4-9,11,17H,10H2,1-3H3. The number of hydrogen-bond donors (Lipinski definition) is 1. The molecule has 0 amide bonds. The largest absolute Gasteiger partial charge is 0.497 e. The van der Waals surface area contributed by atoms with E-state index in [9.17, 15) is 4.79 Å². The highest BCUT2D eigenvalue weighted by molar-refractivity contribution is 5.66. The Labute approximate surface area is 129 Å². The minimum absolute atomic E-state index is 0.374. The van der Waals surface area contributed by atoms with E-state index in [-0.39, 0.29) is 5.97 Å². The first-order valence-electron chi connectivity index (χ1n) is 6.88. The van der Waals surface area contributed by atoms with Gasteiger partial charge in [0.1, 0.15) is 5.75 Å². The van der Waals surface area contributed by atoms with E-state index in [1.54, 1.807) is 32.5 Å². The summed E-state index contributed by atoms with van der Waals surface area (Å²) in [4.78, 5) is 11.4. The van der Waals surface area contributed by atoms with Gasteiger partial charge in [-0.2, -0.15) is 10.2 Å². The van der Waals surface area contributed by atoms with Gasteiger partial charge in [0, 0.05) is 19.0 Å². The molecule has 22 heavy (non-hydrogen) atoms. The quantitative estimate of drug-likeness (QED) is 0.650. The summed E-state index contributed by atoms with van der Waals surface area (Å²) in [7, 11) is 1.63. The molecule has 0 saturated carbocycles. The van der Waals surface area contributed by atoms with Gasteiger partial charge in [0.05, 0.1) is 19.5 Å². The number of hydrogen-bond acceptors (Lipinski definition) is 6. The van der Waals surface area contributed by atoms with E-state index in [2.05, 4.69) is 15.5 Å². The van der Waals surface area contributed by atoms with Crippen LogP contribution >= 0.6 is 0 Å². The van der Waals surface area contributed by atoms with Gasteiger partial charge in [0.2, 0.25) is 0 Å². The summed E-state index contributed by atoms with van der Waals surface area (Å²) in [6.45, 7) is 3.69. The van der Waals surface area contributed by atoms with E-state index in [1.165, 1.54) is 6.92 Å². The van der Waals surface area contributed by atoms with Gasteiger partial charge >= 0.3 is 5.97 Å². The molecule has 6 heteroatoms. The SMILES string of the molecule is COc1ccc(CNC(C)(OC(C)=O)c2ccnnc2)cc1. The molecule has 1 aromatic heterocycles. The minimum atomic E-state index is -0.971. The first kappa shape index (κ1) is 15.9. The van der Waals surface area contributed by atoms with Crippen molar-refractivity contribution in [2.24, 2.45) is 0 Å². The summed E-state index contributed by atoms with van der Waals surface area (Å²) in [6, 6.07) is 9.43. The predicted molar refractivity (Wildman–Crippen MR) is 81.0 cm³/mol. The highest BCUT2D eigenvalue weighted by atomic mass is 16.6. The fourth-order valence-electron chi connectivity index (χ4n) is 2.07. The molecule has 0 aliphatic heterocycles. The molecule has 0 aliphatic rings. The van der Waals surface area contributed by atoms with Gasteiger partial charge in [-0.15, -0.1) is 0 Å². The van der Waals surface area contributed by atoms with E-state index in [0.717, 1.165) is 16.9 Å². The molecule has 0 spiro atoms. The molecule has 0 aliphatic carbocycles. The van der Waals surface area contributed by atoms with E-state index < -0.39 is 5.72 Å². The van der Waals surface area contributed by atoms with E-state index in [0.29, 0.717) is 6.54 Å². The fraction of sp³-hybridized carbons (Fsp3) is 0.312. The molecular weight excluding hydrogens is 282 g/mol. The molecule has 6 nitrogen and oxygen atoms in total. The number of nitrogens with one attached hydrogen (secondary N) is 1. The molecule has 1 heterocycles. The number of ether oxygens (including phenoxy) is 2. The number of rotatable bonds is 6. The van der Waals surface area contributed by atoms with E-state index in [1.807, 2.05) is 24.3 Å².